The van der Waals surface area contributed by atoms with Gasteiger partial charge in [0.25, 0.3) is 5.91 Å². The summed E-state index contributed by atoms with van der Waals surface area (Å²) in [6, 6.07) is 16.0. The Hall–Kier alpha value is -2.77. The summed E-state index contributed by atoms with van der Waals surface area (Å²) in [7, 11) is 0. The summed E-state index contributed by atoms with van der Waals surface area (Å²) in [5, 5.41) is 8.28. The second kappa shape index (κ2) is 10.7. The predicted molar refractivity (Wildman–Crippen MR) is 133 cm³/mol. The third-order valence-electron chi connectivity index (χ3n) is 4.74. The zero-order valence-electron chi connectivity index (χ0n) is 17.4. The molecule has 34 heavy (non-hydrogen) atoms. The molecule has 0 bridgehead atoms. The molecular formula is C24H16Cl4FN3O2. The number of nitrogens with one attached hydrogen (secondary N) is 1. The summed E-state index contributed by atoms with van der Waals surface area (Å²) in [6.07, 6.45) is 1.59. The first-order valence-electron chi connectivity index (χ1n) is 9.93. The second-order valence-corrected chi connectivity index (χ2v) is 8.95. The number of ether oxygens (including phenoxy) is 1. The minimum absolute atomic E-state index is 0.134. The predicted octanol–water partition coefficient (Wildman–Crippen LogP) is 7.52. The van der Waals surface area contributed by atoms with Crippen molar-refractivity contribution in [1.29, 1.82) is 0 Å². The van der Waals surface area contributed by atoms with Crippen LogP contribution >= 0.6 is 46.4 Å². The molecule has 0 spiro atoms. The van der Waals surface area contributed by atoms with E-state index in [9.17, 15) is 9.18 Å². The Balaban J connectivity index is 1.42. The van der Waals surface area contributed by atoms with Crippen LogP contribution in [0, 0.1) is 5.82 Å². The number of carbonyl (C=O) groups excluding carboxylic acids is 1. The number of nitrogens with zero attached hydrogens (tertiary/aromatic N) is 2. The molecule has 1 aromatic heterocycles. The maximum absolute atomic E-state index is 13.1. The lowest BCUT2D eigenvalue weighted by molar-refractivity contribution is 0.102. The quantitative estimate of drug-likeness (QED) is 0.265. The number of anilines is 1. The molecule has 1 heterocycles. The number of benzene rings is 3. The summed E-state index contributed by atoms with van der Waals surface area (Å²) in [6.45, 7) is 0.508. The van der Waals surface area contributed by atoms with Gasteiger partial charge in [-0.25, -0.2) is 4.39 Å². The number of halogens is 5. The maximum Gasteiger partial charge on any atom is 0.256 e. The van der Waals surface area contributed by atoms with E-state index in [-0.39, 0.29) is 33.3 Å². The van der Waals surface area contributed by atoms with Gasteiger partial charge >= 0.3 is 0 Å². The van der Waals surface area contributed by atoms with Crippen molar-refractivity contribution < 1.29 is 13.9 Å². The van der Waals surface area contributed by atoms with Crippen molar-refractivity contribution in [1.82, 2.24) is 9.78 Å². The van der Waals surface area contributed by atoms with Crippen molar-refractivity contribution in [3.05, 3.63) is 109 Å². The molecule has 174 valence electrons. The van der Waals surface area contributed by atoms with Gasteiger partial charge < -0.3 is 10.1 Å². The SMILES string of the molecule is O=C(Nc1nn(Cc2ccc(F)cc2)cc1Cl)c1cccc(COc2c(Cl)cc(Cl)cc2Cl)c1. The number of rotatable bonds is 7. The van der Waals surface area contributed by atoms with Crippen LogP contribution in [-0.4, -0.2) is 15.7 Å². The largest absolute Gasteiger partial charge is 0.486 e. The summed E-state index contributed by atoms with van der Waals surface area (Å²) < 4.78 is 20.4. The number of hydrogen-bond acceptors (Lipinski definition) is 3. The molecule has 5 nitrogen and oxygen atoms in total. The molecule has 0 aliphatic heterocycles. The van der Waals surface area contributed by atoms with E-state index in [4.69, 9.17) is 51.1 Å². The minimum Gasteiger partial charge on any atom is -0.486 e. The summed E-state index contributed by atoms with van der Waals surface area (Å²) in [4.78, 5) is 12.8. The molecule has 0 aliphatic rings. The van der Waals surface area contributed by atoms with Gasteiger partial charge in [0.05, 0.1) is 16.6 Å². The van der Waals surface area contributed by atoms with Gasteiger partial charge in [-0.15, -0.1) is 0 Å². The molecule has 0 fully saturated rings. The van der Waals surface area contributed by atoms with Crippen molar-refractivity contribution in [3.8, 4) is 5.75 Å². The molecule has 3 aromatic carbocycles. The Bertz CT molecular complexity index is 1320. The van der Waals surface area contributed by atoms with E-state index < -0.39 is 5.91 Å². The van der Waals surface area contributed by atoms with Crippen LogP contribution in [0.15, 0.2) is 66.9 Å². The molecule has 0 saturated carbocycles. The fourth-order valence-electron chi connectivity index (χ4n) is 3.14. The summed E-state index contributed by atoms with van der Waals surface area (Å²) in [5.74, 6) is -0.184. The van der Waals surface area contributed by atoms with E-state index >= 15 is 0 Å². The maximum atomic E-state index is 13.1. The van der Waals surface area contributed by atoms with E-state index in [1.807, 2.05) is 0 Å². The lowest BCUT2D eigenvalue weighted by Crippen LogP contribution is -2.13. The van der Waals surface area contributed by atoms with E-state index in [0.717, 1.165) is 11.1 Å². The Morgan fingerprint density at radius 1 is 0.941 bits per heavy atom. The van der Waals surface area contributed by atoms with Crippen LogP contribution in [-0.2, 0) is 13.2 Å². The zero-order chi connectivity index (χ0) is 24.2. The third-order valence-corrected chi connectivity index (χ3v) is 5.80. The van der Waals surface area contributed by atoms with Crippen molar-refractivity contribution in [2.45, 2.75) is 13.2 Å². The molecule has 0 aliphatic carbocycles. The van der Waals surface area contributed by atoms with Gasteiger partial charge in [-0.3, -0.25) is 9.48 Å². The van der Waals surface area contributed by atoms with Gasteiger partial charge in [0.2, 0.25) is 0 Å². The fraction of sp³-hybridized carbons (Fsp3) is 0.0833. The highest BCUT2D eigenvalue weighted by Crippen LogP contribution is 2.36. The van der Waals surface area contributed by atoms with Gasteiger partial charge in [0.15, 0.2) is 11.6 Å². The average molecular weight is 539 g/mol. The Kier molecular flexibility index (Phi) is 7.63. The highest BCUT2D eigenvalue weighted by atomic mass is 35.5. The van der Waals surface area contributed by atoms with Crippen molar-refractivity contribution in [2.75, 3.05) is 5.32 Å². The molecule has 0 atom stereocenters. The number of aromatic nitrogens is 2. The van der Waals surface area contributed by atoms with Crippen LogP contribution in [0.1, 0.15) is 21.5 Å². The zero-order valence-corrected chi connectivity index (χ0v) is 20.4. The van der Waals surface area contributed by atoms with Gasteiger partial charge in [-0.05, 0) is 47.5 Å². The number of carbonyl (C=O) groups is 1. The fourth-order valence-corrected chi connectivity index (χ4v) is 4.27. The van der Waals surface area contributed by atoms with Crippen LogP contribution in [0.4, 0.5) is 10.2 Å². The molecule has 4 aromatic rings. The van der Waals surface area contributed by atoms with Crippen LogP contribution < -0.4 is 10.1 Å². The van der Waals surface area contributed by atoms with Crippen LogP contribution in [0.25, 0.3) is 0 Å². The van der Waals surface area contributed by atoms with Crippen LogP contribution in [0.5, 0.6) is 5.75 Å². The van der Waals surface area contributed by atoms with E-state index in [1.165, 1.54) is 24.3 Å². The van der Waals surface area contributed by atoms with Crippen LogP contribution in [0.2, 0.25) is 20.1 Å². The van der Waals surface area contributed by atoms with E-state index in [0.29, 0.717) is 22.9 Å². The van der Waals surface area contributed by atoms with E-state index in [1.54, 1.807) is 47.3 Å². The first-order chi connectivity index (χ1) is 16.3. The minimum atomic E-state index is -0.390. The molecule has 1 amide bonds. The Morgan fingerprint density at radius 3 is 2.35 bits per heavy atom. The van der Waals surface area contributed by atoms with Crippen molar-refractivity contribution >= 4 is 58.1 Å². The lowest BCUT2D eigenvalue weighted by atomic mass is 10.1. The molecule has 0 saturated heterocycles. The molecule has 0 radical (unpaired) electrons. The first-order valence-corrected chi connectivity index (χ1v) is 11.4. The van der Waals surface area contributed by atoms with Crippen molar-refractivity contribution in [2.24, 2.45) is 0 Å². The Labute approximate surface area is 215 Å². The average Bonchev–Trinajstić information content (AvgIpc) is 3.13. The van der Waals surface area contributed by atoms with E-state index in [2.05, 4.69) is 10.4 Å². The highest BCUT2D eigenvalue weighted by Gasteiger charge is 2.14. The number of amides is 1. The molecule has 1 N–H and O–H groups in total. The first kappa shape index (κ1) is 24.4. The monoisotopic (exact) mass is 537 g/mol. The smallest absolute Gasteiger partial charge is 0.256 e. The molecule has 10 heteroatoms. The standard InChI is InChI=1S/C24H16Cl4FN3O2/c25-17-9-19(26)22(20(27)10-17)34-13-15-2-1-3-16(8-15)24(33)30-23-21(28)12-32(31-23)11-14-4-6-18(29)7-5-14/h1-10,12H,11,13H2,(H,30,31,33). The molecule has 4 rings (SSSR count). The lowest BCUT2D eigenvalue weighted by Gasteiger charge is -2.11. The molecular weight excluding hydrogens is 523 g/mol. The van der Waals surface area contributed by atoms with Gasteiger partial charge in [-0.2, -0.15) is 5.10 Å². The number of hydrogen-bond donors (Lipinski definition) is 1. The summed E-state index contributed by atoms with van der Waals surface area (Å²) >= 11 is 24.5. The van der Waals surface area contributed by atoms with Gasteiger partial charge in [0.1, 0.15) is 17.4 Å². The van der Waals surface area contributed by atoms with Crippen LogP contribution in [0.3, 0.4) is 0 Å². The van der Waals surface area contributed by atoms with Gasteiger partial charge in [-0.1, -0.05) is 70.7 Å². The normalized spacial score (nSPS) is 10.9. The highest BCUT2D eigenvalue weighted by molar-refractivity contribution is 6.40. The van der Waals surface area contributed by atoms with Crippen molar-refractivity contribution in [3.63, 3.8) is 0 Å². The molecule has 0 unspecified atom stereocenters. The second-order valence-electron chi connectivity index (χ2n) is 7.29. The van der Waals surface area contributed by atoms with Gasteiger partial charge in [0, 0.05) is 16.8 Å². The summed E-state index contributed by atoms with van der Waals surface area (Å²) in [5.41, 5.74) is 1.95. The topological polar surface area (TPSA) is 56.2 Å². The third kappa shape index (κ3) is 6.02. The Morgan fingerprint density at radius 2 is 1.65 bits per heavy atom.